The fourth-order valence-corrected chi connectivity index (χ4v) is 2.99. The van der Waals surface area contributed by atoms with Gasteiger partial charge >= 0.3 is 11.9 Å². The molecule has 8 heteroatoms. The molecule has 2 aromatic rings. The van der Waals surface area contributed by atoms with E-state index in [9.17, 15) is 19.5 Å². The Balaban J connectivity index is 1.72. The summed E-state index contributed by atoms with van der Waals surface area (Å²) in [6.07, 6.45) is -3.43. The van der Waals surface area contributed by atoms with Gasteiger partial charge in [-0.25, -0.2) is 9.59 Å². The van der Waals surface area contributed by atoms with Gasteiger partial charge in [-0.05, 0) is 24.3 Å². The number of amides is 1. The molecule has 0 bridgehead atoms. The lowest BCUT2D eigenvalue weighted by molar-refractivity contribution is -0.127. The highest BCUT2D eigenvalue weighted by molar-refractivity contribution is 5.90. The number of nitrogens with one attached hydrogen (secondary N) is 1. The van der Waals surface area contributed by atoms with Crippen LogP contribution in [0.3, 0.4) is 0 Å². The first-order valence-electron chi connectivity index (χ1n) is 9.04. The van der Waals surface area contributed by atoms with E-state index in [4.69, 9.17) is 14.2 Å². The molecule has 0 aromatic heterocycles. The third kappa shape index (κ3) is 5.18. The summed E-state index contributed by atoms with van der Waals surface area (Å²) in [7, 11) is 0. The first-order chi connectivity index (χ1) is 14.0. The largest absolute Gasteiger partial charge is 0.459 e. The van der Waals surface area contributed by atoms with Crippen molar-refractivity contribution in [1.29, 1.82) is 0 Å². The molecular weight excluding hydrogens is 378 g/mol. The summed E-state index contributed by atoms with van der Waals surface area (Å²) in [5.74, 6) is -1.66. The molecule has 0 spiro atoms. The van der Waals surface area contributed by atoms with Crippen molar-refractivity contribution < 1.29 is 33.7 Å². The van der Waals surface area contributed by atoms with Gasteiger partial charge in [0.1, 0.15) is 18.8 Å². The second-order valence-electron chi connectivity index (χ2n) is 6.49. The van der Waals surface area contributed by atoms with Gasteiger partial charge in [0.05, 0.1) is 11.1 Å². The first-order valence-corrected chi connectivity index (χ1v) is 9.04. The Labute approximate surface area is 167 Å². The van der Waals surface area contributed by atoms with Crippen molar-refractivity contribution >= 4 is 17.8 Å². The van der Waals surface area contributed by atoms with Crippen LogP contribution in [0, 0.1) is 0 Å². The van der Waals surface area contributed by atoms with Crippen LogP contribution in [0.5, 0.6) is 0 Å². The van der Waals surface area contributed by atoms with Gasteiger partial charge in [-0.15, -0.1) is 0 Å². The van der Waals surface area contributed by atoms with Gasteiger partial charge < -0.3 is 24.6 Å². The number of esters is 2. The fraction of sp³-hybridized carbons (Fsp3) is 0.286. The number of carbonyl (C=O) groups is 3. The van der Waals surface area contributed by atoms with E-state index >= 15 is 0 Å². The predicted octanol–water partition coefficient (Wildman–Crippen LogP) is 1.29. The minimum Gasteiger partial charge on any atom is -0.459 e. The molecule has 0 unspecified atom stereocenters. The SMILES string of the molecule is CC(=O)N[C@H]1[C@@H](OC(=O)c2ccccc2)[C@H](COC(=O)c2ccccc2)O[C@@H]1O. The molecule has 0 saturated carbocycles. The summed E-state index contributed by atoms with van der Waals surface area (Å²) in [6.45, 7) is 0.999. The Hall–Kier alpha value is -3.23. The summed E-state index contributed by atoms with van der Waals surface area (Å²) < 4.78 is 16.2. The van der Waals surface area contributed by atoms with Crippen molar-refractivity contribution in [3.8, 4) is 0 Å². The van der Waals surface area contributed by atoms with Crippen molar-refractivity contribution in [3.63, 3.8) is 0 Å². The van der Waals surface area contributed by atoms with Crippen LogP contribution in [-0.4, -0.2) is 54.1 Å². The molecule has 2 aromatic carbocycles. The molecule has 1 heterocycles. The van der Waals surface area contributed by atoms with Gasteiger partial charge in [-0.3, -0.25) is 4.79 Å². The highest BCUT2D eigenvalue weighted by Crippen LogP contribution is 2.25. The molecule has 1 aliphatic heterocycles. The van der Waals surface area contributed by atoms with Crippen molar-refractivity contribution in [3.05, 3.63) is 71.8 Å². The number of aliphatic hydroxyl groups excluding tert-OH is 1. The van der Waals surface area contributed by atoms with Gasteiger partial charge in [0.15, 0.2) is 12.4 Å². The molecule has 0 aliphatic carbocycles. The van der Waals surface area contributed by atoms with E-state index < -0.39 is 42.4 Å². The summed E-state index contributed by atoms with van der Waals surface area (Å²) in [5.41, 5.74) is 0.651. The maximum absolute atomic E-state index is 12.5. The zero-order valence-electron chi connectivity index (χ0n) is 15.7. The monoisotopic (exact) mass is 399 g/mol. The number of hydrogen-bond acceptors (Lipinski definition) is 7. The Morgan fingerprint density at radius 1 is 0.966 bits per heavy atom. The predicted molar refractivity (Wildman–Crippen MR) is 101 cm³/mol. The highest BCUT2D eigenvalue weighted by atomic mass is 16.7. The smallest absolute Gasteiger partial charge is 0.338 e. The summed E-state index contributed by atoms with van der Waals surface area (Å²) in [5, 5.41) is 12.7. The summed E-state index contributed by atoms with van der Waals surface area (Å²) in [6, 6.07) is 15.6. The third-order valence-electron chi connectivity index (χ3n) is 4.35. The van der Waals surface area contributed by atoms with Crippen LogP contribution >= 0.6 is 0 Å². The van der Waals surface area contributed by atoms with Crippen LogP contribution in [0.4, 0.5) is 0 Å². The lowest BCUT2D eigenvalue weighted by Crippen LogP contribution is -2.49. The van der Waals surface area contributed by atoms with Gasteiger partial charge in [0, 0.05) is 6.92 Å². The molecule has 1 aliphatic rings. The van der Waals surface area contributed by atoms with E-state index in [1.165, 1.54) is 6.92 Å². The Bertz CT molecular complexity index is 856. The van der Waals surface area contributed by atoms with Crippen molar-refractivity contribution in [2.75, 3.05) is 6.61 Å². The average Bonchev–Trinajstić information content (AvgIpc) is 3.01. The zero-order valence-corrected chi connectivity index (χ0v) is 15.7. The quantitative estimate of drug-likeness (QED) is 0.704. The molecule has 29 heavy (non-hydrogen) atoms. The molecule has 152 valence electrons. The molecule has 3 rings (SSSR count). The number of hydrogen-bond donors (Lipinski definition) is 2. The zero-order chi connectivity index (χ0) is 20.8. The number of ether oxygens (including phenoxy) is 3. The van der Waals surface area contributed by atoms with Crippen LogP contribution < -0.4 is 5.32 Å². The van der Waals surface area contributed by atoms with Gasteiger partial charge in [0.2, 0.25) is 5.91 Å². The maximum atomic E-state index is 12.5. The van der Waals surface area contributed by atoms with Gasteiger partial charge in [-0.2, -0.15) is 0 Å². The normalized spacial score (nSPS) is 23.2. The van der Waals surface area contributed by atoms with Crippen LogP contribution in [0.25, 0.3) is 0 Å². The second-order valence-corrected chi connectivity index (χ2v) is 6.49. The van der Waals surface area contributed by atoms with E-state index in [0.29, 0.717) is 11.1 Å². The van der Waals surface area contributed by atoms with E-state index in [1.807, 2.05) is 0 Å². The van der Waals surface area contributed by atoms with Crippen LogP contribution in [0.2, 0.25) is 0 Å². The van der Waals surface area contributed by atoms with Crippen molar-refractivity contribution in [2.24, 2.45) is 0 Å². The summed E-state index contributed by atoms with van der Waals surface area (Å²) in [4.78, 5) is 36.1. The molecule has 0 radical (unpaired) electrons. The maximum Gasteiger partial charge on any atom is 0.338 e. The molecule has 8 nitrogen and oxygen atoms in total. The van der Waals surface area contributed by atoms with E-state index in [0.717, 1.165) is 0 Å². The topological polar surface area (TPSA) is 111 Å². The Morgan fingerprint density at radius 2 is 1.52 bits per heavy atom. The van der Waals surface area contributed by atoms with E-state index in [2.05, 4.69) is 5.32 Å². The molecule has 1 amide bonds. The van der Waals surface area contributed by atoms with Crippen molar-refractivity contribution in [1.82, 2.24) is 5.32 Å². The average molecular weight is 399 g/mol. The molecule has 1 saturated heterocycles. The van der Waals surface area contributed by atoms with Gasteiger partial charge in [0.25, 0.3) is 0 Å². The fourth-order valence-electron chi connectivity index (χ4n) is 2.99. The minimum atomic E-state index is -1.42. The van der Waals surface area contributed by atoms with Gasteiger partial charge in [-0.1, -0.05) is 36.4 Å². The van der Waals surface area contributed by atoms with Crippen LogP contribution in [-0.2, 0) is 19.0 Å². The first kappa shape index (κ1) is 20.5. The lowest BCUT2D eigenvalue weighted by atomic mass is 10.1. The second kappa shape index (κ2) is 9.31. The lowest BCUT2D eigenvalue weighted by Gasteiger charge is -2.23. The number of aliphatic hydroxyl groups is 1. The number of benzene rings is 2. The standard InChI is InChI=1S/C21H21NO7/c1-13(23)22-17-18(29-20(25)15-10-6-3-7-11-15)16(28-21(17)26)12-27-19(24)14-8-4-2-5-9-14/h2-11,16-18,21,26H,12H2,1H3,(H,22,23)/t16-,17-,18-,21-/m0/s1. The summed E-state index contributed by atoms with van der Waals surface area (Å²) >= 11 is 0. The molecule has 2 N–H and O–H groups in total. The van der Waals surface area contributed by atoms with E-state index in [-0.39, 0.29) is 6.61 Å². The highest BCUT2D eigenvalue weighted by Gasteiger charge is 2.47. The third-order valence-corrected chi connectivity index (χ3v) is 4.35. The number of rotatable bonds is 6. The molecular formula is C21H21NO7. The Morgan fingerprint density at radius 3 is 2.07 bits per heavy atom. The minimum absolute atomic E-state index is 0.270. The number of carbonyl (C=O) groups excluding carboxylic acids is 3. The molecule has 4 atom stereocenters. The van der Waals surface area contributed by atoms with E-state index in [1.54, 1.807) is 60.7 Å². The van der Waals surface area contributed by atoms with Crippen LogP contribution in [0.15, 0.2) is 60.7 Å². The molecule has 1 fully saturated rings. The van der Waals surface area contributed by atoms with Crippen molar-refractivity contribution in [2.45, 2.75) is 31.5 Å². The van der Waals surface area contributed by atoms with Crippen LogP contribution in [0.1, 0.15) is 27.6 Å². The Kier molecular flexibility index (Phi) is 6.58.